The molecule has 2 fully saturated rings. The number of amides is 1. The average molecular weight is 452 g/mol. The van der Waals surface area contributed by atoms with E-state index in [4.69, 9.17) is 4.74 Å². The van der Waals surface area contributed by atoms with Crippen LogP contribution in [0.15, 0.2) is 4.99 Å². The van der Waals surface area contributed by atoms with Crippen molar-refractivity contribution in [2.75, 3.05) is 46.9 Å². The Hall–Kier alpha value is -0.570. The number of aliphatic imine (C=N–C) groups is 1. The van der Waals surface area contributed by atoms with Crippen LogP contribution >= 0.6 is 24.0 Å². The van der Waals surface area contributed by atoms with Gasteiger partial charge in [-0.05, 0) is 32.6 Å². The van der Waals surface area contributed by atoms with Gasteiger partial charge in [0.05, 0.1) is 6.61 Å². The maximum Gasteiger partial charge on any atom is 0.224 e. The first-order valence-electron chi connectivity index (χ1n) is 8.90. The molecular weight excluding hydrogens is 419 g/mol. The highest BCUT2D eigenvalue weighted by atomic mass is 127. The first-order chi connectivity index (χ1) is 11.1. The molecule has 2 heterocycles. The van der Waals surface area contributed by atoms with Crippen molar-refractivity contribution in [1.82, 2.24) is 15.1 Å². The van der Waals surface area contributed by atoms with E-state index in [1.54, 1.807) is 7.05 Å². The minimum Gasteiger partial charge on any atom is -0.381 e. The van der Waals surface area contributed by atoms with Gasteiger partial charge in [-0.25, -0.2) is 0 Å². The fourth-order valence-electron chi connectivity index (χ4n) is 3.48. The number of hydrogen-bond donors (Lipinski definition) is 1. The molecule has 0 aromatic rings. The molecule has 0 spiro atoms. The predicted octanol–water partition coefficient (Wildman–Crippen LogP) is 1.94. The fraction of sp³-hybridized carbons (Fsp3) is 0.882. The molecule has 0 radical (unpaired) electrons. The molecule has 2 unspecified atom stereocenters. The summed E-state index contributed by atoms with van der Waals surface area (Å²) < 4.78 is 5.42. The molecular formula is C17H33IN4O2. The summed E-state index contributed by atoms with van der Waals surface area (Å²) in [7, 11) is 3.83. The molecule has 0 aliphatic carbocycles. The van der Waals surface area contributed by atoms with Gasteiger partial charge in [-0.1, -0.05) is 0 Å². The third kappa shape index (κ3) is 6.38. The number of rotatable bonds is 5. The van der Waals surface area contributed by atoms with Crippen LogP contribution in [-0.2, 0) is 9.53 Å². The minimum atomic E-state index is 0. The van der Waals surface area contributed by atoms with Crippen LogP contribution in [0.3, 0.4) is 0 Å². The van der Waals surface area contributed by atoms with E-state index >= 15 is 0 Å². The molecule has 0 aromatic carbocycles. The lowest BCUT2D eigenvalue weighted by molar-refractivity contribution is -0.134. The molecule has 2 rings (SSSR count). The largest absolute Gasteiger partial charge is 0.381 e. The maximum absolute atomic E-state index is 12.3. The van der Waals surface area contributed by atoms with Crippen molar-refractivity contribution < 1.29 is 9.53 Å². The van der Waals surface area contributed by atoms with Crippen LogP contribution in [0.25, 0.3) is 0 Å². The Kier molecular flexibility index (Phi) is 9.95. The zero-order chi connectivity index (χ0) is 16.7. The molecule has 2 saturated heterocycles. The maximum atomic E-state index is 12.3. The third-order valence-corrected chi connectivity index (χ3v) is 4.87. The Morgan fingerprint density at radius 3 is 2.79 bits per heavy atom. The summed E-state index contributed by atoms with van der Waals surface area (Å²) >= 11 is 0. The van der Waals surface area contributed by atoms with E-state index in [9.17, 15) is 4.79 Å². The molecule has 7 heteroatoms. The second-order valence-corrected chi connectivity index (χ2v) is 6.77. The highest BCUT2D eigenvalue weighted by Crippen LogP contribution is 2.17. The Labute approximate surface area is 163 Å². The topological polar surface area (TPSA) is 57.2 Å². The predicted molar refractivity (Wildman–Crippen MR) is 108 cm³/mol. The fourth-order valence-corrected chi connectivity index (χ4v) is 3.48. The van der Waals surface area contributed by atoms with Crippen molar-refractivity contribution in [3.8, 4) is 0 Å². The van der Waals surface area contributed by atoms with Crippen LogP contribution in [0, 0.1) is 5.92 Å². The number of ether oxygens (including phenoxy) is 1. The number of hydrogen-bond acceptors (Lipinski definition) is 3. The van der Waals surface area contributed by atoms with Crippen LogP contribution in [-0.4, -0.2) is 74.7 Å². The van der Waals surface area contributed by atoms with E-state index in [2.05, 4.69) is 22.1 Å². The standard InChI is InChI=1S/C17H32N4O2.HI/c1-14-6-4-5-10-21(14)16(22)7-9-19-17(18-2)20(3)12-15-8-11-23-13-15;/h14-15H,4-13H2,1-3H3,(H,18,19);1H. The molecule has 2 aliphatic rings. The van der Waals surface area contributed by atoms with Gasteiger partial charge in [0.2, 0.25) is 5.91 Å². The van der Waals surface area contributed by atoms with Gasteiger partial charge < -0.3 is 19.9 Å². The Bertz CT molecular complexity index is 413. The summed E-state index contributed by atoms with van der Waals surface area (Å²) in [6.45, 7) is 6.36. The van der Waals surface area contributed by atoms with Crippen molar-refractivity contribution in [3.05, 3.63) is 0 Å². The van der Waals surface area contributed by atoms with Gasteiger partial charge >= 0.3 is 0 Å². The molecule has 24 heavy (non-hydrogen) atoms. The first kappa shape index (κ1) is 21.5. The SMILES string of the molecule is CN=C(NCCC(=O)N1CCCCC1C)N(C)CC1CCOC1.I. The van der Waals surface area contributed by atoms with Crippen LogP contribution in [0.2, 0.25) is 0 Å². The number of carbonyl (C=O) groups excluding carboxylic acids is 1. The number of nitrogens with zero attached hydrogens (tertiary/aromatic N) is 3. The van der Waals surface area contributed by atoms with Gasteiger partial charge in [0, 0.05) is 58.7 Å². The number of guanidine groups is 1. The average Bonchev–Trinajstić information content (AvgIpc) is 3.04. The number of halogens is 1. The summed E-state index contributed by atoms with van der Waals surface area (Å²) in [5.74, 6) is 1.69. The van der Waals surface area contributed by atoms with Crippen molar-refractivity contribution >= 4 is 35.8 Å². The number of likely N-dealkylation sites (tertiary alicyclic amines) is 1. The normalized spacial score (nSPS) is 24.5. The number of piperidine rings is 1. The molecule has 2 aliphatic heterocycles. The van der Waals surface area contributed by atoms with E-state index in [0.29, 0.717) is 24.9 Å². The first-order valence-corrected chi connectivity index (χ1v) is 8.90. The van der Waals surface area contributed by atoms with Crippen LogP contribution in [0.5, 0.6) is 0 Å². The Balaban J connectivity index is 0.00000288. The summed E-state index contributed by atoms with van der Waals surface area (Å²) in [5.41, 5.74) is 0. The summed E-state index contributed by atoms with van der Waals surface area (Å²) in [4.78, 5) is 20.8. The summed E-state index contributed by atoms with van der Waals surface area (Å²) in [5, 5.41) is 3.32. The molecule has 2 atom stereocenters. The quantitative estimate of drug-likeness (QED) is 0.394. The van der Waals surface area contributed by atoms with Crippen molar-refractivity contribution in [2.45, 2.75) is 45.1 Å². The smallest absolute Gasteiger partial charge is 0.224 e. The lowest BCUT2D eigenvalue weighted by Crippen LogP contribution is -2.45. The molecule has 6 nitrogen and oxygen atoms in total. The number of carbonyl (C=O) groups is 1. The van der Waals surface area contributed by atoms with Gasteiger partial charge in [-0.3, -0.25) is 9.79 Å². The zero-order valence-corrected chi connectivity index (χ0v) is 17.6. The van der Waals surface area contributed by atoms with Gasteiger partial charge in [-0.15, -0.1) is 24.0 Å². The number of nitrogens with one attached hydrogen (secondary N) is 1. The van der Waals surface area contributed by atoms with Crippen LogP contribution in [0.1, 0.15) is 39.0 Å². The van der Waals surface area contributed by atoms with Crippen molar-refractivity contribution in [2.24, 2.45) is 10.9 Å². The van der Waals surface area contributed by atoms with E-state index in [1.807, 2.05) is 11.9 Å². The minimum absolute atomic E-state index is 0. The second kappa shape index (κ2) is 11.1. The van der Waals surface area contributed by atoms with Crippen LogP contribution < -0.4 is 5.32 Å². The second-order valence-electron chi connectivity index (χ2n) is 6.77. The Morgan fingerprint density at radius 1 is 1.38 bits per heavy atom. The van der Waals surface area contributed by atoms with Gasteiger partial charge in [0.1, 0.15) is 0 Å². The molecule has 0 bridgehead atoms. The van der Waals surface area contributed by atoms with Gasteiger partial charge in [0.25, 0.3) is 0 Å². The highest BCUT2D eigenvalue weighted by molar-refractivity contribution is 14.0. The molecule has 0 saturated carbocycles. The molecule has 1 amide bonds. The molecule has 1 N–H and O–H groups in total. The van der Waals surface area contributed by atoms with Crippen LogP contribution in [0.4, 0.5) is 0 Å². The van der Waals surface area contributed by atoms with Gasteiger partial charge in [-0.2, -0.15) is 0 Å². The third-order valence-electron chi connectivity index (χ3n) is 4.87. The zero-order valence-electron chi connectivity index (χ0n) is 15.3. The lowest BCUT2D eigenvalue weighted by Gasteiger charge is -2.33. The summed E-state index contributed by atoms with van der Waals surface area (Å²) in [6.07, 6.45) is 5.16. The molecule has 140 valence electrons. The van der Waals surface area contributed by atoms with Crippen molar-refractivity contribution in [3.63, 3.8) is 0 Å². The lowest BCUT2D eigenvalue weighted by atomic mass is 10.0. The highest BCUT2D eigenvalue weighted by Gasteiger charge is 2.23. The summed E-state index contributed by atoms with van der Waals surface area (Å²) in [6, 6.07) is 0.389. The van der Waals surface area contributed by atoms with E-state index in [1.165, 1.54) is 6.42 Å². The van der Waals surface area contributed by atoms with Crippen molar-refractivity contribution in [1.29, 1.82) is 0 Å². The Morgan fingerprint density at radius 2 is 2.17 bits per heavy atom. The van der Waals surface area contributed by atoms with E-state index in [-0.39, 0.29) is 29.9 Å². The van der Waals surface area contributed by atoms with E-state index < -0.39 is 0 Å². The van der Waals surface area contributed by atoms with E-state index in [0.717, 1.165) is 51.5 Å². The van der Waals surface area contributed by atoms with Gasteiger partial charge in [0.15, 0.2) is 5.96 Å². The molecule has 0 aromatic heterocycles. The monoisotopic (exact) mass is 452 g/mol.